The molecule has 2 unspecified atom stereocenters. The number of aliphatic hydroxyl groups is 1. The number of nitrogens with zero attached hydrogens (tertiary/aromatic N) is 1. The van der Waals surface area contributed by atoms with Crippen LogP contribution < -0.4 is 10.6 Å². The van der Waals surface area contributed by atoms with Crippen LogP contribution in [0.15, 0.2) is 0 Å². The van der Waals surface area contributed by atoms with E-state index in [0.717, 1.165) is 51.5 Å². The predicted molar refractivity (Wildman–Crippen MR) is 94.0 cm³/mol. The highest BCUT2D eigenvalue weighted by molar-refractivity contribution is 5.86. The van der Waals surface area contributed by atoms with Crippen LogP contribution in [0, 0.1) is 0 Å². The SMILES string of the molecule is Cl.O=C(NC1CCCCC1)C(O)C1CCCN1C(=O)[C@H]1CCCN1. The van der Waals surface area contributed by atoms with Crippen molar-refractivity contribution in [1.82, 2.24) is 15.5 Å². The summed E-state index contributed by atoms with van der Waals surface area (Å²) in [6.07, 6.45) is 7.83. The van der Waals surface area contributed by atoms with Crippen LogP contribution in [0.1, 0.15) is 57.8 Å². The van der Waals surface area contributed by atoms with Gasteiger partial charge in [-0.2, -0.15) is 0 Å². The second kappa shape index (κ2) is 9.02. The summed E-state index contributed by atoms with van der Waals surface area (Å²) in [5, 5.41) is 16.7. The van der Waals surface area contributed by atoms with Crippen molar-refractivity contribution in [3.63, 3.8) is 0 Å². The fourth-order valence-electron chi connectivity index (χ4n) is 4.20. The van der Waals surface area contributed by atoms with Crippen molar-refractivity contribution in [3.8, 4) is 0 Å². The van der Waals surface area contributed by atoms with Crippen LogP contribution in [0.2, 0.25) is 0 Å². The minimum absolute atomic E-state index is 0. The molecule has 1 aliphatic carbocycles. The molecule has 3 rings (SSSR count). The highest BCUT2D eigenvalue weighted by Gasteiger charge is 2.40. The molecule has 0 aromatic carbocycles. The Bertz CT molecular complexity index is 437. The van der Waals surface area contributed by atoms with Crippen LogP contribution in [-0.4, -0.2) is 59.1 Å². The summed E-state index contributed by atoms with van der Waals surface area (Å²) >= 11 is 0. The van der Waals surface area contributed by atoms with Crippen LogP contribution in [0.25, 0.3) is 0 Å². The lowest BCUT2D eigenvalue weighted by molar-refractivity contribution is -0.141. The average molecular weight is 360 g/mol. The summed E-state index contributed by atoms with van der Waals surface area (Å²) in [5.41, 5.74) is 0. The molecular formula is C17H30ClN3O3. The highest BCUT2D eigenvalue weighted by Crippen LogP contribution is 2.24. The number of carbonyl (C=O) groups excluding carboxylic acids is 2. The number of hydrogen-bond donors (Lipinski definition) is 3. The van der Waals surface area contributed by atoms with Gasteiger partial charge in [0.15, 0.2) is 6.10 Å². The molecule has 3 fully saturated rings. The van der Waals surface area contributed by atoms with E-state index in [2.05, 4.69) is 10.6 Å². The lowest BCUT2D eigenvalue weighted by atomic mass is 9.95. The maximum Gasteiger partial charge on any atom is 0.251 e. The zero-order chi connectivity index (χ0) is 16.2. The summed E-state index contributed by atoms with van der Waals surface area (Å²) < 4.78 is 0. The molecule has 0 aromatic heterocycles. The second-order valence-electron chi connectivity index (χ2n) is 7.18. The molecule has 1 saturated carbocycles. The lowest BCUT2D eigenvalue weighted by Gasteiger charge is -2.31. The summed E-state index contributed by atoms with van der Waals surface area (Å²) in [4.78, 5) is 26.7. The fraction of sp³-hybridized carbons (Fsp3) is 0.882. The quantitative estimate of drug-likeness (QED) is 0.698. The number of rotatable bonds is 4. The molecule has 2 aliphatic heterocycles. The summed E-state index contributed by atoms with van der Waals surface area (Å²) in [6.45, 7) is 1.52. The average Bonchev–Trinajstić information content (AvgIpc) is 3.26. The fourth-order valence-corrected chi connectivity index (χ4v) is 4.20. The molecule has 3 atom stereocenters. The first kappa shape index (κ1) is 19.5. The van der Waals surface area contributed by atoms with E-state index in [1.165, 1.54) is 6.42 Å². The van der Waals surface area contributed by atoms with E-state index in [1.54, 1.807) is 4.90 Å². The highest BCUT2D eigenvalue weighted by atomic mass is 35.5. The number of aliphatic hydroxyl groups excluding tert-OH is 1. The molecule has 24 heavy (non-hydrogen) atoms. The molecule has 2 saturated heterocycles. The molecule has 0 aromatic rings. The van der Waals surface area contributed by atoms with Gasteiger partial charge >= 0.3 is 0 Å². The molecule has 138 valence electrons. The van der Waals surface area contributed by atoms with Crippen molar-refractivity contribution in [2.24, 2.45) is 0 Å². The van der Waals surface area contributed by atoms with Gasteiger partial charge in [0.05, 0.1) is 12.1 Å². The Morgan fingerprint density at radius 2 is 1.79 bits per heavy atom. The van der Waals surface area contributed by atoms with E-state index in [0.29, 0.717) is 13.0 Å². The summed E-state index contributed by atoms with van der Waals surface area (Å²) in [7, 11) is 0. The minimum Gasteiger partial charge on any atom is -0.381 e. The minimum atomic E-state index is -1.11. The third-order valence-electron chi connectivity index (χ3n) is 5.53. The molecule has 3 aliphatic rings. The largest absolute Gasteiger partial charge is 0.381 e. The van der Waals surface area contributed by atoms with Crippen LogP contribution >= 0.6 is 12.4 Å². The number of halogens is 1. The normalized spacial score (nSPS) is 29.1. The molecule has 0 bridgehead atoms. The van der Waals surface area contributed by atoms with Crippen LogP contribution in [-0.2, 0) is 9.59 Å². The van der Waals surface area contributed by atoms with Crippen LogP contribution in [0.5, 0.6) is 0 Å². The zero-order valence-corrected chi connectivity index (χ0v) is 15.0. The molecule has 2 heterocycles. The van der Waals surface area contributed by atoms with Gasteiger partial charge in [-0.1, -0.05) is 19.3 Å². The van der Waals surface area contributed by atoms with Crippen LogP contribution in [0.3, 0.4) is 0 Å². The Morgan fingerprint density at radius 1 is 1.04 bits per heavy atom. The monoisotopic (exact) mass is 359 g/mol. The topological polar surface area (TPSA) is 81.7 Å². The van der Waals surface area contributed by atoms with Crippen molar-refractivity contribution in [1.29, 1.82) is 0 Å². The van der Waals surface area contributed by atoms with E-state index in [1.807, 2.05) is 0 Å². The smallest absolute Gasteiger partial charge is 0.251 e. The molecular weight excluding hydrogens is 330 g/mol. The van der Waals surface area contributed by atoms with Gasteiger partial charge in [-0.3, -0.25) is 9.59 Å². The zero-order valence-electron chi connectivity index (χ0n) is 14.2. The Labute approximate surface area is 150 Å². The first-order valence-electron chi connectivity index (χ1n) is 9.19. The Hall–Kier alpha value is -0.850. The first-order valence-corrected chi connectivity index (χ1v) is 9.19. The molecule has 2 amide bonds. The number of amides is 2. The molecule has 7 heteroatoms. The van der Waals surface area contributed by atoms with Crippen LogP contribution in [0.4, 0.5) is 0 Å². The Morgan fingerprint density at radius 3 is 2.46 bits per heavy atom. The molecule has 0 spiro atoms. The van der Waals surface area contributed by atoms with Gasteiger partial charge in [0, 0.05) is 12.6 Å². The third-order valence-corrected chi connectivity index (χ3v) is 5.53. The van der Waals surface area contributed by atoms with Gasteiger partial charge in [0.1, 0.15) is 0 Å². The number of hydrogen-bond acceptors (Lipinski definition) is 4. The van der Waals surface area contributed by atoms with Gasteiger partial charge in [0.25, 0.3) is 5.91 Å². The lowest BCUT2D eigenvalue weighted by Crippen LogP contribution is -2.54. The van der Waals surface area contributed by atoms with Gasteiger partial charge < -0.3 is 20.6 Å². The summed E-state index contributed by atoms with van der Waals surface area (Å²) in [5.74, 6) is -0.254. The maximum atomic E-state index is 12.6. The van der Waals surface area contributed by atoms with E-state index >= 15 is 0 Å². The van der Waals surface area contributed by atoms with E-state index in [-0.39, 0.29) is 42.3 Å². The number of nitrogens with one attached hydrogen (secondary N) is 2. The van der Waals surface area contributed by atoms with Crippen molar-refractivity contribution in [2.75, 3.05) is 13.1 Å². The Kier molecular flexibility index (Phi) is 7.32. The molecule has 3 N–H and O–H groups in total. The predicted octanol–water partition coefficient (Wildman–Crippen LogP) is 0.961. The third kappa shape index (κ3) is 4.41. The van der Waals surface area contributed by atoms with Gasteiger partial charge in [-0.05, 0) is 45.1 Å². The maximum absolute atomic E-state index is 12.6. The van der Waals surface area contributed by atoms with Crippen molar-refractivity contribution in [2.45, 2.75) is 82.0 Å². The second-order valence-corrected chi connectivity index (χ2v) is 7.18. The van der Waals surface area contributed by atoms with Gasteiger partial charge in [-0.15, -0.1) is 12.4 Å². The van der Waals surface area contributed by atoms with E-state index < -0.39 is 6.10 Å². The Balaban J connectivity index is 0.00000208. The first-order chi connectivity index (χ1) is 11.2. The number of likely N-dealkylation sites (tertiary alicyclic amines) is 1. The summed E-state index contributed by atoms with van der Waals surface area (Å²) in [6, 6.07) is -0.314. The van der Waals surface area contributed by atoms with E-state index in [9.17, 15) is 14.7 Å². The van der Waals surface area contributed by atoms with E-state index in [4.69, 9.17) is 0 Å². The van der Waals surface area contributed by atoms with Crippen molar-refractivity contribution >= 4 is 24.2 Å². The molecule has 6 nitrogen and oxygen atoms in total. The van der Waals surface area contributed by atoms with Gasteiger partial charge in [-0.25, -0.2) is 0 Å². The molecule has 0 radical (unpaired) electrons. The van der Waals surface area contributed by atoms with Crippen molar-refractivity contribution < 1.29 is 14.7 Å². The standard InChI is InChI=1S/C17H29N3O3.ClH/c21-15(16(22)19-12-6-2-1-3-7-12)14-9-5-11-20(14)17(23)13-8-4-10-18-13;/h12-15,18,21H,1-11H2,(H,19,22);1H/t13-,14?,15?;/m1./s1. The van der Waals surface area contributed by atoms with Gasteiger partial charge in [0.2, 0.25) is 5.91 Å². The van der Waals surface area contributed by atoms with Crippen molar-refractivity contribution in [3.05, 3.63) is 0 Å². The number of carbonyl (C=O) groups is 2.